The van der Waals surface area contributed by atoms with Gasteiger partial charge in [-0.15, -0.1) is 0 Å². The van der Waals surface area contributed by atoms with Gasteiger partial charge in [0.15, 0.2) is 5.41 Å². The van der Waals surface area contributed by atoms with Crippen LogP contribution in [0.2, 0.25) is 0 Å². The third-order valence-corrected chi connectivity index (χ3v) is 4.12. The van der Waals surface area contributed by atoms with E-state index in [4.69, 9.17) is 9.47 Å². The van der Waals surface area contributed by atoms with E-state index in [1.165, 1.54) is 0 Å². The van der Waals surface area contributed by atoms with Crippen molar-refractivity contribution < 1.29 is 19.1 Å². The standard InChI is InChI=1S/C17H30O4/c1-12(2)10-20-15(18)17(5,14-8-6-7-9-14)16(19)21-11-13(3)4/h12-14H,6-11H2,1-5H3. The Morgan fingerprint density at radius 1 is 0.952 bits per heavy atom. The number of ether oxygens (including phenoxy) is 2. The lowest BCUT2D eigenvalue weighted by atomic mass is 9.76. The minimum Gasteiger partial charge on any atom is -0.465 e. The lowest BCUT2D eigenvalue weighted by Gasteiger charge is -2.31. The predicted molar refractivity (Wildman–Crippen MR) is 81.7 cm³/mol. The van der Waals surface area contributed by atoms with Crippen LogP contribution in [0.3, 0.4) is 0 Å². The molecule has 0 amide bonds. The number of hydrogen-bond donors (Lipinski definition) is 0. The first-order valence-electron chi connectivity index (χ1n) is 8.12. The molecule has 1 aliphatic rings. The van der Waals surface area contributed by atoms with Crippen LogP contribution in [0, 0.1) is 23.2 Å². The fourth-order valence-electron chi connectivity index (χ4n) is 2.70. The normalized spacial score (nSPS) is 16.5. The smallest absolute Gasteiger partial charge is 0.323 e. The van der Waals surface area contributed by atoms with Crippen LogP contribution in [0.5, 0.6) is 0 Å². The van der Waals surface area contributed by atoms with Crippen LogP contribution in [-0.4, -0.2) is 25.2 Å². The van der Waals surface area contributed by atoms with E-state index >= 15 is 0 Å². The van der Waals surface area contributed by atoms with Crippen molar-refractivity contribution in [2.75, 3.05) is 13.2 Å². The lowest BCUT2D eigenvalue weighted by molar-refractivity contribution is -0.177. The molecule has 0 bridgehead atoms. The Hall–Kier alpha value is -1.06. The quantitative estimate of drug-likeness (QED) is 0.532. The van der Waals surface area contributed by atoms with E-state index < -0.39 is 17.4 Å². The van der Waals surface area contributed by atoms with E-state index in [9.17, 15) is 9.59 Å². The van der Waals surface area contributed by atoms with E-state index in [1.807, 2.05) is 27.7 Å². The van der Waals surface area contributed by atoms with Crippen LogP contribution >= 0.6 is 0 Å². The van der Waals surface area contributed by atoms with E-state index in [-0.39, 0.29) is 17.8 Å². The van der Waals surface area contributed by atoms with Gasteiger partial charge in [0.05, 0.1) is 13.2 Å². The summed E-state index contributed by atoms with van der Waals surface area (Å²) in [4.78, 5) is 25.0. The SMILES string of the molecule is CC(C)COC(=O)C(C)(C(=O)OCC(C)C)C1CCCC1. The number of carbonyl (C=O) groups is 2. The fraction of sp³-hybridized carbons (Fsp3) is 0.882. The van der Waals surface area contributed by atoms with Crippen LogP contribution in [0.25, 0.3) is 0 Å². The van der Waals surface area contributed by atoms with Crippen LogP contribution in [0.1, 0.15) is 60.3 Å². The van der Waals surface area contributed by atoms with Crippen LogP contribution < -0.4 is 0 Å². The molecule has 0 aromatic heterocycles. The maximum Gasteiger partial charge on any atom is 0.323 e. The van der Waals surface area contributed by atoms with E-state index in [1.54, 1.807) is 6.92 Å². The molecule has 0 heterocycles. The molecule has 122 valence electrons. The number of hydrogen-bond acceptors (Lipinski definition) is 4. The van der Waals surface area contributed by atoms with Gasteiger partial charge < -0.3 is 9.47 Å². The summed E-state index contributed by atoms with van der Waals surface area (Å²) in [6.45, 7) is 10.3. The van der Waals surface area contributed by atoms with Crippen molar-refractivity contribution >= 4 is 11.9 Å². The van der Waals surface area contributed by atoms with Crippen molar-refractivity contribution in [2.24, 2.45) is 23.2 Å². The van der Waals surface area contributed by atoms with Gasteiger partial charge in [-0.05, 0) is 37.5 Å². The third-order valence-electron chi connectivity index (χ3n) is 4.12. The zero-order valence-electron chi connectivity index (χ0n) is 14.1. The number of rotatable bonds is 7. The van der Waals surface area contributed by atoms with Gasteiger partial charge in [-0.1, -0.05) is 40.5 Å². The average molecular weight is 298 g/mol. The summed E-state index contributed by atoms with van der Waals surface area (Å²) in [5, 5.41) is 0. The number of esters is 2. The second-order valence-electron chi connectivity index (χ2n) is 7.17. The van der Waals surface area contributed by atoms with Crippen LogP contribution in [0.4, 0.5) is 0 Å². The first kappa shape index (κ1) is 18.0. The maximum absolute atomic E-state index is 12.5. The van der Waals surface area contributed by atoms with Crippen molar-refractivity contribution in [2.45, 2.75) is 60.3 Å². The molecule has 1 saturated carbocycles. The Morgan fingerprint density at radius 2 is 1.33 bits per heavy atom. The first-order chi connectivity index (χ1) is 9.78. The molecule has 0 saturated heterocycles. The van der Waals surface area contributed by atoms with Gasteiger partial charge in [-0.2, -0.15) is 0 Å². The Bertz CT molecular complexity index is 330. The summed E-state index contributed by atoms with van der Waals surface area (Å²) in [5.41, 5.74) is -1.15. The van der Waals surface area contributed by atoms with Crippen LogP contribution in [0.15, 0.2) is 0 Å². The fourth-order valence-corrected chi connectivity index (χ4v) is 2.70. The maximum atomic E-state index is 12.5. The molecule has 0 aromatic rings. The molecule has 0 unspecified atom stereocenters. The highest BCUT2D eigenvalue weighted by Gasteiger charge is 2.51. The second kappa shape index (κ2) is 7.81. The largest absolute Gasteiger partial charge is 0.465 e. The highest BCUT2D eigenvalue weighted by molar-refractivity contribution is 6.00. The van der Waals surface area contributed by atoms with Crippen molar-refractivity contribution in [1.82, 2.24) is 0 Å². The topological polar surface area (TPSA) is 52.6 Å². The predicted octanol–water partition coefficient (Wildman–Crippen LogP) is 3.58. The zero-order chi connectivity index (χ0) is 16.0. The zero-order valence-corrected chi connectivity index (χ0v) is 14.1. The summed E-state index contributed by atoms with van der Waals surface area (Å²) >= 11 is 0. The molecule has 1 fully saturated rings. The van der Waals surface area contributed by atoms with Gasteiger partial charge >= 0.3 is 11.9 Å². The van der Waals surface area contributed by atoms with Crippen molar-refractivity contribution in [3.8, 4) is 0 Å². The Morgan fingerprint density at radius 3 is 1.67 bits per heavy atom. The van der Waals surface area contributed by atoms with Crippen molar-refractivity contribution in [3.05, 3.63) is 0 Å². The summed E-state index contributed by atoms with van der Waals surface area (Å²) in [5.74, 6) is -0.285. The molecule has 0 atom stereocenters. The average Bonchev–Trinajstić information content (AvgIpc) is 2.95. The van der Waals surface area contributed by atoms with Gasteiger partial charge in [0, 0.05) is 0 Å². The lowest BCUT2D eigenvalue weighted by Crippen LogP contribution is -2.45. The Kier molecular flexibility index (Phi) is 6.69. The summed E-state index contributed by atoms with van der Waals surface area (Å²) < 4.78 is 10.7. The Labute approximate surface area is 128 Å². The van der Waals surface area contributed by atoms with E-state index in [2.05, 4.69) is 0 Å². The summed E-state index contributed by atoms with van der Waals surface area (Å²) in [6, 6.07) is 0. The molecule has 4 nitrogen and oxygen atoms in total. The molecule has 0 spiro atoms. The van der Waals surface area contributed by atoms with Crippen LogP contribution in [-0.2, 0) is 19.1 Å². The van der Waals surface area contributed by atoms with Crippen molar-refractivity contribution in [1.29, 1.82) is 0 Å². The second-order valence-corrected chi connectivity index (χ2v) is 7.17. The monoisotopic (exact) mass is 298 g/mol. The molecule has 0 radical (unpaired) electrons. The molecule has 0 aromatic carbocycles. The van der Waals surface area contributed by atoms with E-state index in [0.29, 0.717) is 13.2 Å². The number of carbonyl (C=O) groups excluding carboxylic acids is 2. The molecule has 0 aliphatic heterocycles. The van der Waals surface area contributed by atoms with Gasteiger partial charge in [-0.3, -0.25) is 9.59 Å². The van der Waals surface area contributed by atoms with Gasteiger partial charge in [0.25, 0.3) is 0 Å². The molecule has 4 heteroatoms. The highest BCUT2D eigenvalue weighted by Crippen LogP contribution is 2.42. The summed E-state index contributed by atoms with van der Waals surface area (Å²) in [6.07, 6.45) is 3.92. The van der Waals surface area contributed by atoms with Gasteiger partial charge in [-0.25, -0.2) is 0 Å². The minimum absolute atomic E-state index is 0.0387. The minimum atomic E-state index is -1.15. The van der Waals surface area contributed by atoms with E-state index in [0.717, 1.165) is 25.7 Å². The molecule has 1 rings (SSSR count). The molecular formula is C17H30O4. The highest BCUT2D eigenvalue weighted by atomic mass is 16.6. The van der Waals surface area contributed by atoms with Gasteiger partial charge in [0.2, 0.25) is 0 Å². The molecular weight excluding hydrogens is 268 g/mol. The summed E-state index contributed by atoms with van der Waals surface area (Å²) in [7, 11) is 0. The molecule has 21 heavy (non-hydrogen) atoms. The first-order valence-corrected chi connectivity index (χ1v) is 8.12. The van der Waals surface area contributed by atoms with Gasteiger partial charge in [0.1, 0.15) is 0 Å². The molecule has 1 aliphatic carbocycles. The third kappa shape index (κ3) is 4.72. The molecule has 0 N–H and O–H groups in total. The Balaban J connectivity index is 2.82. The van der Waals surface area contributed by atoms with Crippen molar-refractivity contribution in [3.63, 3.8) is 0 Å².